The summed E-state index contributed by atoms with van der Waals surface area (Å²) < 4.78 is 0. The molecule has 21 heavy (non-hydrogen) atoms. The van der Waals surface area contributed by atoms with Gasteiger partial charge in [-0.2, -0.15) is 0 Å². The quantitative estimate of drug-likeness (QED) is 0.769. The van der Waals surface area contributed by atoms with Crippen molar-refractivity contribution in [3.8, 4) is 0 Å². The summed E-state index contributed by atoms with van der Waals surface area (Å²) >= 11 is 0. The zero-order valence-corrected chi connectivity index (χ0v) is 12.6. The van der Waals surface area contributed by atoms with Crippen molar-refractivity contribution in [1.29, 1.82) is 0 Å². The lowest BCUT2D eigenvalue weighted by Gasteiger charge is -2.17. The maximum atomic E-state index is 12.0. The van der Waals surface area contributed by atoms with Crippen LogP contribution in [0.3, 0.4) is 0 Å². The van der Waals surface area contributed by atoms with E-state index in [0.717, 1.165) is 5.56 Å². The van der Waals surface area contributed by atoms with E-state index in [2.05, 4.69) is 10.6 Å². The summed E-state index contributed by atoms with van der Waals surface area (Å²) in [6, 6.07) is 4.91. The smallest absolute Gasteiger partial charge is 0.307 e. The molecule has 0 saturated heterocycles. The summed E-state index contributed by atoms with van der Waals surface area (Å²) in [6.07, 6.45) is 0. The summed E-state index contributed by atoms with van der Waals surface area (Å²) in [7, 11) is 1.54. The van der Waals surface area contributed by atoms with Gasteiger partial charge in [-0.3, -0.25) is 14.4 Å². The highest BCUT2D eigenvalue weighted by Gasteiger charge is 2.26. The number of hydrogen-bond acceptors (Lipinski definition) is 3. The summed E-state index contributed by atoms with van der Waals surface area (Å²) in [5.74, 6) is -3.00. The number of nitrogens with one attached hydrogen (secondary N) is 2. The topological polar surface area (TPSA) is 95.5 Å². The molecule has 3 N–H and O–H groups in total. The largest absolute Gasteiger partial charge is 0.481 e. The molecule has 0 spiro atoms. The molecule has 1 aromatic carbocycles. The molecule has 1 rings (SSSR count). The van der Waals surface area contributed by atoms with Crippen LogP contribution in [0.2, 0.25) is 0 Å². The third kappa shape index (κ3) is 4.05. The van der Waals surface area contributed by atoms with Gasteiger partial charge in [-0.1, -0.05) is 13.8 Å². The number of carboxylic acids is 1. The van der Waals surface area contributed by atoms with E-state index in [1.54, 1.807) is 39.1 Å². The first-order valence-corrected chi connectivity index (χ1v) is 6.64. The van der Waals surface area contributed by atoms with Gasteiger partial charge in [-0.15, -0.1) is 0 Å². The van der Waals surface area contributed by atoms with E-state index in [0.29, 0.717) is 11.3 Å². The summed E-state index contributed by atoms with van der Waals surface area (Å²) in [5.41, 5.74) is 1.80. The van der Waals surface area contributed by atoms with Gasteiger partial charge in [0.25, 0.3) is 5.91 Å². The first kappa shape index (κ1) is 16.7. The fraction of sp³-hybridized carbons (Fsp3) is 0.400. The van der Waals surface area contributed by atoms with Crippen molar-refractivity contribution < 1.29 is 19.5 Å². The third-order valence-electron chi connectivity index (χ3n) is 3.53. The molecule has 0 fully saturated rings. The predicted octanol–water partition coefficient (Wildman–Crippen LogP) is 1.65. The second kappa shape index (κ2) is 6.88. The highest BCUT2D eigenvalue weighted by atomic mass is 16.4. The molecule has 114 valence electrons. The lowest BCUT2D eigenvalue weighted by Crippen LogP contribution is -2.30. The number of carbonyl (C=O) groups is 3. The molecule has 0 heterocycles. The number of anilines is 1. The van der Waals surface area contributed by atoms with Gasteiger partial charge in [0, 0.05) is 24.2 Å². The van der Waals surface area contributed by atoms with E-state index in [1.807, 2.05) is 0 Å². The van der Waals surface area contributed by atoms with Gasteiger partial charge in [0.15, 0.2) is 0 Å². The van der Waals surface area contributed by atoms with E-state index in [1.165, 1.54) is 6.92 Å². The SMILES string of the molecule is CNC(=O)c1ccc(NC(=O)C(C)C(C)C(=O)O)c(C)c1. The molecule has 0 aliphatic carbocycles. The van der Waals surface area contributed by atoms with Crippen LogP contribution in [0, 0.1) is 18.8 Å². The minimum Gasteiger partial charge on any atom is -0.481 e. The van der Waals surface area contributed by atoms with Crippen molar-refractivity contribution in [2.75, 3.05) is 12.4 Å². The number of aliphatic carboxylic acids is 1. The number of benzene rings is 1. The van der Waals surface area contributed by atoms with Gasteiger partial charge in [0.05, 0.1) is 5.92 Å². The van der Waals surface area contributed by atoms with E-state index in [9.17, 15) is 14.4 Å². The van der Waals surface area contributed by atoms with Gasteiger partial charge in [-0.25, -0.2) is 0 Å². The van der Waals surface area contributed by atoms with Crippen LogP contribution in [0.15, 0.2) is 18.2 Å². The molecule has 2 amide bonds. The molecule has 0 saturated carbocycles. The standard InChI is InChI=1S/C15H20N2O4/c1-8-7-11(14(19)16-4)5-6-12(8)17-13(18)9(2)10(3)15(20)21/h5-7,9-10H,1-4H3,(H,16,19)(H,17,18)(H,20,21). The van der Waals surface area contributed by atoms with Crippen LogP contribution in [-0.4, -0.2) is 29.9 Å². The molecule has 0 radical (unpaired) electrons. The van der Waals surface area contributed by atoms with E-state index in [-0.39, 0.29) is 11.8 Å². The molecule has 0 aromatic heterocycles. The maximum Gasteiger partial charge on any atom is 0.307 e. The average Bonchev–Trinajstić information content (AvgIpc) is 2.46. The van der Waals surface area contributed by atoms with Gasteiger partial charge < -0.3 is 15.7 Å². The fourth-order valence-corrected chi connectivity index (χ4v) is 1.78. The van der Waals surface area contributed by atoms with E-state index in [4.69, 9.17) is 5.11 Å². The molecule has 2 atom stereocenters. The number of hydrogen-bond donors (Lipinski definition) is 3. The Labute approximate surface area is 123 Å². The van der Waals surface area contributed by atoms with Crippen molar-refractivity contribution in [1.82, 2.24) is 5.32 Å². The van der Waals surface area contributed by atoms with Gasteiger partial charge in [0.1, 0.15) is 0 Å². The van der Waals surface area contributed by atoms with Crippen LogP contribution >= 0.6 is 0 Å². The zero-order chi connectivity index (χ0) is 16.2. The van der Waals surface area contributed by atoms with E-state index < -0.39 is 17.8 Å². The normalized spacial score (nSPS) is 13.1. The van der Waals surface area contributed by atoms with Crippen LogP contribution in [0.5, 0.6) is 0 Å². The number of amides is 2. The predicted molar refractivity (Wildman–Crippen MR) is 79.2 cm³/mol. The van der Waals surface area contributed by atoms with Crippen LogP contribution in [-0.2, 0) is 9.59 Å². The second-order valence-electron chi connectivity index (χ2n) is 5.01. The zero-order valence-electron chi connectivity index (χ0n) is 12.6. The number of carbonyl (C=O) groups excluding carboxylic acids is 2. The third-order valence-corrected chi connectivity index (χ3v) is 3.53. The van der Waals surface area contributed by atoms with Gasteiger partial charge >= 0.3 is 5.97 Å². The molecule has 0 bridgehead atoms. The van der Waals surface area contributed by atoms with Crippen LogP contribution in [0.25, 0.3) is 0 Å². The summed E-state index contributed by atoms with van der Waals surface area (Å²) in [5, 5.41) is 14.1. The monoisotopic (exact) mass is 292 g/mol. The van der Waals surface area contributed by atoms with Crippen molar-refractivity contribution in [2.24, 2.45) is 11.8 Å². The lowest BCUT2D eigenvalue weighted by molar-refractivity contribution is -0.145. The highest BCUT2D eigenvalue weighted by Crippen LogP contribution is 2.19. The number of aryl methyl sites for hydroxylation is 1. The first-order chi connectivity index (χ1) is 9.77. The van der Waals surface area contributed by atoms with E-state index >= 15 is 0 Å². The molecule has 1 aromatic rings. The van der Waals surface area contributed by atoms with Crippen LogP contribution in [0.4, 0.5) is 5.69 Å². The Morgan fingerprint density at radius 3 is 2.24 bits per heavy atom. The van der Waals surface area contributed by atoms with Gasteiger partial charge in [-0.05, 0) is 30.7 Å². The number of rotatable bonds is 5. The minimum absolute atomic E-state index is 0.205. The molecular formula is C15H20N2O4. The first-order valence-electron chi connectivity index (χ1n) is 6.64. The highest BCUT2D eigenvalue weighted by molar-refractivity contribution is 5.97. The van der Waals surface area contributed by atoms with Gasteiger partial charge in [0.2, 0.25) is 5.91 Å². The Morgan fingerprint density at radius 2 is 1.76 bits per heavy atom. The molecule has 6 nitrogen and oxygen atoms in total. The molecule has 2 unspecified atom stereocenters. The Bertz CT molecular complexity index is 569. The molecule has 6 heteroatoms. The maximum absolute atomic E-state index is 12.0. The van der Waals surface area contributed by atoms with Crippen LogP contribution < -0.4 is 10.6 Å². The minimum atomic E-state index is -1.01. The van der Waals surface area contributed by atoms with Crippen molar-refractivity contribution in [2.45, 2.75) is 20.8 Å². The molecular weight excluding hydrogens is 272 g/mol. The Balaban J connectivity index is 2.86. The van der Waals surface area contributed by atoms with Crippen molar-refractivity contribution in [3.05, 3.63) is 29.3 Å². The Morgan fingerprint density at radius 1 is 1.14 bits per heavy atom. The van der Waals surface area contributed by atoms with Crippen molar-refractivity contribution in [3.63, 3.8) is 0 Å². The summed E-state index contributed by atoms with van der Waals surface area (Å²) in [6.45, 7) is 4.84. The van der Waals surface area contributed by atoms with Crippen molar-refractivity contribution >= 4 is 23.5 Å². The lowest BCUT2D eigenvalue weighted by atomic mass is 9.95. The Kier molecular flexibility index (Phi) is 5.46. The Hall–Kier alpha value is -2.37. The second-order valence-corrected chi connectivity index (χ2v) is 5.01. The average molecular weight is 292 g/mol. The number of carboxylic acid groups (broad SMARTS) is 1. The summed E-state index contributed by atoms with van der Waals surface area (Å²) in [4.78, 5) is 34.4. The van der Waals surface area contributed by atoms with Crippen LogP contribution in [0.1, 0.15) is 29.8 Å². The fourth-order valence-electron chi connectivity index (χ4n) is 1.78. The molecule has 0 aliphatic rings. The molecule has 0 aliphatic heterocycles.